The van der Waals surface area contributed by atoms with Gasteiger partial charge in [0.15, 0.2) is 0 Å². The number of methoxy groups -OCH3 is 1. The molecule has 0 radical (unpaired) electrons. The number of aromatic amines is 1. The lowest BCUT2D eigenvalue weighted by Gasteiger charge is -2.23. The summed E-state index contributed by atoms with van der Waals surface area (Å²) in [6.45, 7) is 3.82. The Morgan fingerprint density at radius 1 is 1.29 bits per heavy atom. The van der Waals surface area contributed by atoms with Gasteiger partial charge in [-0.25, -0.2) is 9.97 Å². The van der Waals surface area contributed by atoms with Gasteiger partial charge in [-0.3, -0.25) is 4.79 Å². The van der Waals surface area contributed by atoms with Crippen molar-refractivity contribution >= 4 is 34.2 Å². The second-order valence-corrected chi connectivity index (χ2v) is 7.96. The smallest absolute Gasteiger partial charge is 0.232 e. The van der Waals surface area contributed by atoms with E-state index in [4.69, 9.17) is 25.8 Å². The molecule has 158 valence electrons. The lowest BCUT2D eigenvalue weighted by Crippen LogP contribution is -2.28. The maximum atomic E-state index is 12.7. The highest BCUT2D eigenvalue weighted by molar-refractivity contribution is 6.32. The number of H-pyrrole nitrogens is 1. The van der Waals surface area contributed by atoms with Crippen LogP contribution in [0.25, 0.3) is 22.2 Å². The molecule has 1 N–H and O–H groups in total. The summed E-state index contributed by atoms with van der Waals surface area (Å²) in [5.41, 5.74) is 5.16. The van der Waals surface area contributed by atoms with Crippen LogP contribution in [0, 0.1) is 13.8 Å². The van der Waals surface area contributed by atoms with Gasteiger partial charge in [-0.2, -0.15) is 0 Å². The van der Waals surface area contributed by atoms with Crippen LogP contribution >= 0.6 is 11.6 Å². The highest BCUT2D eigenvalue weighted by Gasteiger charge is 2.36. The zero-order chi connectivity index (χ0) is 21.7. The monoisotopic (exact) mass is 437 g/mol. The summed E-state index contributed by atoms with van der Waals surface area (Å²) < 4.78 is 10.4. The molecule has 1 fully saturated rings. The van der Waals surface area contributed by atoms with Crippen LogP contribution in [0.4, 0.5) is 5.69 Å². The summed E-state index contributed by atoms with van der Waals surface area (Å²) in [5.74, 6) is 1.82. The van der Waals surface area contributed by atoms with Gasteiger partial charge in [0.05, 0.1) is 41.8 Å². The average molecular weight is 438 g/mol. The van der Waals surface area contributed by atoms with Crippen LogP contribution in [0.3, 0.4) is 0 Å². The van der Waals surface area contributed by atoms with E-state index in [1.54, 1.807) is 17.2 Å². The predicted octanol–water partition coefficient (Wildman–Crippen LogP) is 4.76. The largest absolute Gasteiger partial charge is 0.480 e. The fourth-order valence-corrected chi connectivity index (χ4v) is 4.44. The third kappa shape index (κ3) is 3.23. The molecule has 1 aliphatic heterocycles. The summed E-state index contributed by atoms with van der Waals surface area (Å²) in [4.78, 5) is 26.8. The Hall–Kier alpha value is -3.39. The number of imidazole rings is 1. The number of anilines is 1. The highest BCUT2D eigenvalue weighted by atomic mass is 35.5. The van der Waals surface area contributed by atoms with Crippen LogP contribution in [-0.4, -0.2) is 33.1 Å². The number of aromatic nitrogens is 4. The van der Waals surface area contributed by atoms with Gasteiger partial charge in [-0.1, -0.05) is 22.8 Å². The van der Waals surface area contributed by atoms with Crippen molar-refractivity contribution in [3.8, 4) is 17.0 Å². The average Bonchev–Trinajstić information content (AvgIpc) is 3.43. The summed E-state index contributed by atoms with van der Waals surface area (Å²) in [6, 6.07) is 7.47. The summed E-state index contributed by atoms with van der Waals surface area (Å²) >= 11 is 6.24. The molecule has 8 nitrogen and oxygen atoms in total. The minimum absolute atomic E-state index is 0.00454. The first-order chi connectivity index (χ1) is 15.0. The van der Waals surface area contributed by atoms with Crippen molar-refractivity contribution < 1.29 is 14.1 Å². The predicted molar refractivity (Wildman–Crippen MR) is 116 cm³/mol. The summed E-state index contributed by atoms with van der Waals surface area (Å²) in [7, 11) is 1.50. The molecule has 1 saturated heterocycles. The van der Waals surface area contributed by atoms with Gasteiger partial charge in [0.25, 0.3) is 0 Å². The molecule has 0 bridgehead atoms. The van der Waals surface area contributed by atoms with Gasteiger partial charge in [0, 0.05) is 12.0 Å². The van der Waals surface area contributed by atoms with Crippen molar-refractivity contribution in [1.29, 1.82) is 0 Å². The van der Waals surface area contributed by atoms with Crippen molar-refractivity contribution in [3.63, 3.8) is 0 Å². The first-order valence-electron chi connectivity index (χ1n) is 9.90. The fourth-order valence-electron chi connectivity index (χ4n) is 4.20. The number of nitrogens with one attached hydrogen (secondary N) is 1. The number of halogens is 1. The first kappa shape index (κ1) is 19.6. The molecule has 4 heterocycles. The number of nitrogens with zero attached hydrogens (tertiary/aromatic N) is 4. The van der Waals surface area contributed by atoms with Gasteiger partial charge >= 0.3 is 0 Å². The third-order valence-corrected chi connectivity index (χ3v) is 5.89. The number of hydrogen-bond donors (Lipinski definition) is 1. The van der Waals surface area contributed by atoms with E-state index in [-0.39, 0.29) is 11.9 Å². The van der Waals surface area contributed by atoms with Crippen molar-refractivity contribution in [2.24, 2.45) is 0 Å². The second kappa shape index (κ2) is 7.39. The number of aryl methyl sites for hydroxylation is 2. The maximum absolute atomic E-state index is 12.7. The van der Waals surface area contributed by atoms with Gasteiger partial charge in [-0.15, -0.1) is 0 Å². The molecule has 0 spiro atoms. The zero-order valence-corrected chi connectivity index (χ0v) is 18.0. The molecule has 5 rings (SSSR count). The maximum Gasteiger partial charge on any atom is 0.232 e. The molecule has 3 aromatic heterocycles. The molecule has 1 aliphatic rings. The van der Waals surface area contributed by atoms with Crippen LogP contribution in [-0.2, 0) is 4.79 Å². The highest BCUT2D eigenvalue weighted by Crippen LogP contribution is 2.38. The quantitative estimate of drug-likeness (QED) is 0.494. The normalized spacial score (nSPS) is 16.5. The van der Waals surface area contributed by atoms with E-state index in [0.717, 1.165) is 39.4 Å². The van der Waals surface area contributed by atoms with Gasteiger partial charge in [-0.05, 0) is 44.0 Å². The minimum atomic E-state index is -0.228. The number of fused-ring (bicyclic) bond motifs is 1. The number of hydrogen-bond acceptors (Lipinski definition) is 6. The fraction of sp³-hybridized carbons (Fsp3) is 0.273. The van der Waals surface area contributed by atoms with Crippen LogP contribution in [0.15, 0.2) is 35.0 Å². The van der Waals surface area contributed by atoms with Gasteiger partial charge in [0.1, 0.15) is 16.6 Å². The Bertz CT molecular complexity index is 1290. The van der Waals surface area contributed by atoms with E-state index in [1.807, 2.05) is 32.0 Å². The molecule has 4 aromatic rings. The Kier molecular flexibility index (Phi) is 4.66. The van der Waals surface area contributed by atoms with E-state index < -0.39 is 0 Å². The van der Waals surface area contributed by atoms with Crippen molar-refractivity contribution in [1.82, 2.24) is 20.1 Å². The van der Waals surface area contributed by atoms with E-state index in [0.29, 0.717) is 29.4 Å². The summed E-state index contributed by atoms with van der Waals surface area (Å²) in [6.07, 6.45) is 2.67. The van der Waals surface area contributed by atoms with Crippen LogP contribution in [0.2, 0.25) is 5.02 Å². The van der Waals surface area contributed by atoms with E-state index in [9.17, 15) is 4.79 Å². The van der Waals surface area contributed by atoms with E-state index >= 15 is 0 Å². The lowest BCUT2D eigenvalue weighted by atomic mass is 10.0. The van der Waals surface area contributed by atoms with E-state index in [1.165, 1.54) is 7.11 Å². The standard InChI is InChI=1S/C22H20ClN5O3/c1-11-20(12(2)31-27-11)13-4-5-16-17(8-13)26-21(25-16)18-6-7-19(29)28(18)14-9-15(23)22(30-3)24-10-14/h4-5,8-10,18H,6-7H2,1-3H3,(H,25,26)/t18-/m0/s1. The molecule has 0 saturated carbocycles. The van der Waals surface area contributed by atoms with Crippen molar-refractivity contribution in [2.45, 2.75) is 32.7 Å². The number of rotatable bonds is 4. The first-order valence-corrected chi connectivity index (χ1v) is 10.3. The number of pyridine rings is 1. The number of carbonyl (C=O) groups is 1. The SMILES string of the molecule is COc1ncc(N2C(=O)CC[C@H]2c2nc3ccc(-c4c(C)noc4C)cc3[nH]2)cc1Cl. The Morgan fingerprint density at radius 2 is 2.13 bits per heavy atom. The molecule has 1 amide bonds. The number of benzene rings is 1. The number of amides is 1. The lowest BCUT2D eigenvalue weighted by molar-refractivity contribution is -0.117. The van der Waals surface area contributed by atoms with Crippen LogP contribution < -0.4 is 9.64 Å². The topological polar surface area (TPSA) is 97.1 Å². The number of carbonyl (C=O) groups excluding carboxylic acids is 1. The Labute approximate surface area is 183 Å². The molecule has 9 heteroatoms. The number of ether oxygens (including phenoxy) is 1. The minimum Gasteiger partial charge on any atom is -0.480 e. The molecule has 1 atom stereocenters. The second-order valence-electron chi connectivity index (χ2n) is 7.56. The molecular weight excluding hydrogens is 418 g/mol. The Morgan fingerprint density at radius 3 is 2.84 bits per heavy atom. The van der Waals surface area contributed by atoms with Gasteiger partial charge in [0.2, 0.25) is 11.8 Å². The molecular formula is C22H20ClN5O3. The Balaban J connectivity index is 1.53. The summed E-state index contributed by atoms with van der Waals surface area (Å²) in [5, 5.41) is 4.40. The molecule has 0 unspecified atom stereocenters. The molecule has 0 aliphatic carbocycles. The van der Waals surface area contributed by atoms with Crippen molar-refractivity contribution in [3.05, 3.63) is 52.8 Å². The van der Waals surface area contributed by atoms with Gasteiger partial charge < -0.3 is 19.1 Å². The van der Waals surface area contributed by atoms with Crippen LogP contribution in [0.5, 0.6) is 5.88 Å². The third-order valence-electron chi connectivity index (χ3n) is 5.61. The van der Waals surface area contributed by atoms with E-state index in [2.05, 4.69) is 15.1 Å². The van der Waals surface area contributed by atoms with Crippen molar-refractivity contribution in [2.75, 3.05) is 12.0 Å². The van der Waals surface area contributed by atoms with Crippen LogP contribution in [0.1, 0.15) is 36.2 Å². The molecule has 1 aromatic carbocycles. The molecule has 31 heavy (non-hydrogen) atoms. The zero-order valence-electron chi connectivity index (χ0n) is 17.3.